The highest BCUT2D eigenvalue weighted by atomic mass is 16.4. The van der Waals surface area contributed by atoms with E-state index < -0.39 is 5.97 Å². The lowest BCUT2D eigenvalue weighted by atomic mass is 10.1. The summed E-state index contributed by atoms with van der Waals surface area (Å²) in [4.78, 5) is 34.7. The first-order valence-electron chi connectivity index (χ1n) is 5.26. The summed E-state index contributed by atoms with van der Waals surface area (Å²) in [7, 11) is 0. The van der Waals surface area contributed by atoms with Gasteiger partial charge < -0.3 is 10.4 Å². The van der Waals surface area contributed by atoms with Crippen molar-refractivity contribution in [2.75, 3.05) is 19.6 Å². The van der Waals surface area contributed by atoms with Gasteiger partial charge in [0, 0.05) is 25.9 Å². The summed E-state index contributed by atoms with van der Waals surface area (Å²) in [6.07, 6.45) is 0.938. The minimum Gasteiger partial charge on any atom is -0.480 e. The predicted molar refractivity (Wildman–Crippen MR) is 55.9 cm³/mol. The van der Waals surface area contributed by atoms with Crippen molar-refractivity contribution in [3.05, 3.63) is 0 Å². The number of amides is 1. The van der Waals surface area contributed by atoms with Crippen LogP contribution in [0, 0.1) is 0 Å². The molecular formula is C10H16N2O4. The first kappa shape index (κ1) is 12.6. The number of rotatable bonds is 4. The van der Waals surface area contributed by atoms with Crippen LogP contribution < -0.4 is 5.32 Å². The highest BCUT2D eigenvalue weighted by Crippen LogP contribution is 2.09. The number of carbonyl (C=O) groups is 3. The van der Waals surface area contributed by atoms with Gasteiger partial charge in [0.1, 0.15) is 12.3 Å². The molecule has 1 aliphatic heterocycles. The van der Waals surface area contributed by atoms with E-state index in [-0.39, 0.29) is 24.3 Å². The Morgan fingerprint density at radius 2 is 2.00 bits per heavy atom. The molecule has 0 radical (unpaired) electrons. The quantitative estimate of drug-likeness (QED) is 0.660. The van der Waals surface area contributed by atoms with E-state index in [1.165, 1.54) is 0 Å². The van der Waals surface area contributed by atoms with Crippen LogP contribution in [-0.4, -0.2) is 53.3 Å². The minimum atomic E-state index is -1.06. The number of carboxylic acids is 1. The Hall–Kier alpha value is -1.43. The van der Waals surface area contributed by atoms with Crippen LogP contribution in [0.4, 0.5) is 0 Å². The van der Waals surface area contributed by atoms with Crippen LogP contribution in [0.3, 0.4) is 0 Å². The summed E-state index contributed by atoms with van der Waals surface area (Å²) in [5.41, 5.74) is 0. The summed E-state index contributed by atoms with van der Waals surface area (Å²) in [6.45, 7) is 2.49. The lowest BCUT2D eigenvalue weighted by Gasteiger charge is -2.30. The van der Waals surface area contributed by atoms with Gasteiger partial charge in [-0.3, -0.25) is 19.3 Å². The number of carbonyl (C=O) groups excluding carboxylic acids is 2. The number of piperidine rings is 1. The fourth-order valence-electron chi connectivity index (χ4n) is 1.64. The Labute approximate surface area is 93.6 Å². The molecular weight excluding hydrogens is 212 g/mol. The first-order valence-corrected chi connectivity index (χ1v) is 5.26. The first-order chi connectivity index (χ1) is 7.50. The van der Waals surface area contributed by atoms with Crippen LogP contribution in [0.1, 0.15) is 19.8 Å². The summed E-state index contributed by atoms with van der Waals surface area (Å²) in [5.74, 6) is -1.15. The Morgan fingerprint density at radius 3 is 2.50 bits per heavy atom. The second-order valence-corrected chi connectivity index (χ2v) is 3.86. The van der Waals surface area contributed by atoms with Crippen LogP contribution in [0.5, 0.6) is 0 Å². The molecule has 1 rings (SSSR count). The van der Waals surface area contributed by atoms with Crippen molar-refractivity contribution in [2.24, 2.45) is 0 Å². The number of likely N-dealkylation sites (tertiary alicyclic amines) is 1. The van der Waals surface area contributed by atoms with Crippen molar-refractivity contribution in [1.82, 2.24) is 10.2 Å². The maximum absolute atomic E-state index is 11.5. The third kappa shape index (κ3) is 3.62. The van der Waals surface area contributed by atoms with Gasteiger partial charge in [-0.2, -0.15) is 0 Å². The fourth-order valence-corrected chi connectivity index (χ4v) is 1.64. The van der Waals surface area contributed by atoms with Crippen molar-refractivity contribution >= 4 is 17.7 Å². The number of nitrogens with zero attached hydrogens (tertiary/aromatic N) is 1. The van der Waals surface area contributed by atoms with Gasteiger partial charge in [0.25, 0.3) is 0 Å². The lowest BCUT2D eigenvalue weighted by Crippen LogP contribution is -2.49. The van der Waals surface area contributed by atoms with Gasteiger partial charge in [-0.15, -0.1) is 0 Å². The summed E-state index contributed by atoms with van der Waals surface area (Å²) < 4.78 is 0. The van der Waals surface area contributed by atoms with Crippen molar-refractivity contribution in [3.63, 3.8) is 0 Å². The van der Waals surface area contributed by atoms with Crippen molar-refractivity contribution in [3.8, 4) is 0 Å². The molecule has 1 saturated heterocycles. The van der Waals surface area contributed by atoms with Crippen molar-refractivity contribution in [1.29, 1.82) is 0 Å². The van der Waals surface area contributed by atoms with E-state index in [9.17, 15) is 14.4 Å². The highest BCUT2D eigenvalue weighted by Gasteiger charge is 2.25. The second-order valence-electron chi connectivity index (χ2n) is 3.86. The monoisotopic (exact) mass is 228 g/mol. The molecule has 0 spiro atoms. The smallest absolute Gasteiger partial charge is 0.322 e. The van der Waals surface area contributed by atoms with E-state index in [1.807, 2.05) is 4.90 Å². The van der Waals surface area contributed by atoms with E-state index in [0.29, 0.717) is 25.9 Å². The Kier molecular flexibility index (Phi) is 4.42. The molecule has 0 aliphatic carbocycles. The zero-order valence-corrected chi connectivity index (χ0v) is 9.23. The minimum absolute atomic E-state index is 0.217. The average Bonchev–Trinajstić information content (AvgIpc) is 2.26. The number of carboxylic acid groups (broad SMARTS) is 1. The van der Waals surface area contributed by atoms with Gasteiger partial charge >= 0.3 is 5.97 Å². The molecule has 1 fully saturated rings. The SMILES string of the molecule is CC(C(=O)NCC(=O)O)N1CCC(=O)CC1. The number of ketones is 1. The van der Waals surface area contributed by atoms with Crippen LogP contribution in [0.15, 0.2) is 0 Å². The Morgan fingerprint density at radius 1 is 1.44 bits per heavy atom. The standard InChI is InChI=1S/C10H16N2O4/c1-7(10(16)11-6-9(14)15)12-4-2-8(13)3-5-12/h7H,2-6H2,1H3,(H,11,16)(H,14,15). The van der Waals surface area contributed by atoms with Crippen molar-refractivity contribution in [2.45, 2.75) is 25.8 Å². The zero-order valence-electron chi connectivity index (χ0n) is 9.23. The molecule has 0 bridgehead atoms. The maximum Gasteiger partial charge on any atom is 0.322 e. The lowest BCUT2D eigenvalue weighted by molar-refractivity contribution is -0.138. The van der Waals surface area contributed by atoms with E-state index in [4.69, 9.17) is 5.11 Å². The van der Waals surface area contributed by atoms with Gasteiger partial charge in [0.15, 0.2) is 0 Å². The molecule has 6 nitrogen and oxygen atoms in total. The molecule has 1 aliphatic rings. The summed E-state index contributed by atoms with van der Waals surface area (Å²) >= 11 is 0. The molecule has 2 N–H and O–H groups in total. The molecule has 1 atom stereocenters. The van der Waals surface area contributed by atoms with E-state index >= 15 is 0 Å². The molecule has 90 valence electrons. The van der Waals surface area contributed by atoms with Crippen LogP contribution >= 0.6 is 0 Å². The number of hydrogen-bond donors (Lipinski definition) is 2. The van der Waals surface area contributed by atoms with Gasteiger partial charge in [-0.25, -0.2) is 0 Å². The largest absolute Gasteiger partial charge is 0.480 e. The van der Waals surface area contributed by atoms with Gasteiger partial charge in [0.2, 0.25) is 5.91 Å². The van der Waals surface area contributed by atoms with Crippen LogP contribution in [0.25, 0.3) is 0 Å². The average molecular weight is 228 g/mol. The summed E-state index contributed by atoms with van der Waals surface area (Å²) in [5, 5.41) is 10.7. The second kappa shape index (κ2) is 5.60. The van der Waals surface area contributed by atoms with Crippen LogP contribution in [-0.2, 0) is 14.4 Å². The van der Waals surface area contributed by atoms with Gasteiger partial charge in [0.05, 0.1) is 6.04 Å². The topological polar surface area (TPSA) is 86.7 Å². The third-order valence-electron chi connectivity index (χ3n) is 2.70. The molecule has 6 heteroatoms. The Balaban J connectivity index is 2.38. The molecule has 0 aromatic rings. The molecule has 0 saturated carbocycles. The maximum atomic E-state index is 11.5. The fraction of sp³-hybridized carbons (Fsp3) is 0.700. The van der Waals surface area contributed by atoms with E-state index in [2.05, 4.69) is 5.32 Å². The molecule has 1 heterocycles. The highest BCUT2D eigenvalue weighted by molar-refractivity contribution is 5.85. The molecule has 0 aromatic heterocycles. The van der Waals surface area contributed by atoms with Crippen LogP contribution in [0.2, 0.25) is 0 Å². The zero-order chi connectivity index (χ0) is 12.1. The molecule has 0 aromatic carbocycles. The summed E-state index contributed by atoms with van der Waals surface area (Å²) in [6, 6.07) is -0.382. The number of aliphatic carboxylic acids is 1. The number of Topliss-reactive ketones (excluding diaryl/α,β-unsaturated/α-hetero) is 1. The number of hydrogen-bond acceptors (Lipinski definition) is 4. The van der Waals surface area contributed by atoms with Crippen molar-refractivity contribution < 1.29 is 19.5 Å². The molecule has 1 unspecified atom stereocenters. The van der Waals surface area contributed by atoms with E-state index in [1.54, 1.807) is 6.92 Å². The molecule has 16 heavy (non-hydrogen) atoms. The normalized spacial score (nSPS) is 19.2. The van der Waals surface area contributed by atoms with Gasteiger partial charge in [-0.1, -0.05) is 0 Å². The Bertz CT molecular complexity index is 293. The molecule has 1 amide bonds. The predicted octanol–water partition coefficient (Wildman–Crippen LogP) is -0.759. The third-order valence-corrected chi connectivity index (χ3v) is 2.70. The van der Waals surface area contributed by atoms with E-state index in [0.717, 1.165) is 0 Å². The number of nitrogens with one attached hydrogen (secondary N) is 1. The van der Waals surface area contributed by atoms with Gasteiger partial charge in [-0.05, 0) is 6.92 Å².